The summed E-state index contributed by atoms with van der Waals surface area (Å²) < 4.78 is 0. The van der Waals surface area contributed by atoms with Gasteiger partial charge in [-0.15, -0.1) is 0 Å². The predicted octanol–water partition coefficient (Wildman–Crippen LogP) is 1.77. The lowest BCUT2D eigenvalue weighted by atomic mass is 10.1. The van der Waals surface area contributed by atoms with Gasteiger partial charge >= 0.3 is 0 Å². The Morgan fingerprint density at radius 3 is 2.32 bits per heavy atom. The number of anilines is 1. The highest BCUT2D eigenvalue weighted by Gasteiger charge is 2.27. The SMILES string of the molecule is N=C(C1CCCC1)N1CCN(c2ncccn2)CC1. The first-order valence-corrected chi connectivity index (χ1v) is 7.20. The Bertz CT molecular complexity index is 419. The van der Waals surface area contributed by atoms with E-state index < -0.39 is 0 Å². The molecule has 1 saturated heterocycles. The number of rotatable bonds is 2. The largest absolute Gasteiger partial charge is 0.357 e. The molecule has 0 spiro atoms. The number of hydrogen-bond donors (Lipinski definition) is 1. The number of nitrogens with zero attached hydrogens (tertiary/aromatic N) is 4. The summed E-state index contributed by atoms with van der Waals surface area (Å²) >= 11 is 0. The normalized spacial score (nSPS) is 20.8. The second-order valence-electron chi connectivity index (χ2n) is 5.39. The summed E-state index contributed by atoms with van der Waals surface area (Å²) in [6.45, 7) is 3.68. The predicted molar refractivity (Wildman–Crippen MR) is 75.5 cm³/mol. The summed E-state index contributed by atoms with van der Waals surface area (Å²) in [5.41, 5.74) is 0. The fraction of sp³-hybridized carbons (Fsp3) is 0.643. The van der Waals surface area contributed by atoms with Gasteiger partial charge in [0.25, 0.3) is 0 Å². The third kappa shape index (κ3) is 2.69. The summed E-state index contributed by atoms with van der Waals surface area (Å²) in [6, 6.07) is 1.84. The molecule has 0 amide bonds. The van der Waals surface area contributed by atoms with Crippen LogP contribution in [0.4, 0.5) is 5.95 Å². The molecule has 1 aromatic rings. The lowest BCUT2D eigenvalue weighted by molar-refractivity contribution is 0.360. The molecule has 1 aliphatic heterocycles. The molecule has 0 aromatic carbocycles. The van der Waals surface area contributed by atoms with Crippen LogP contribution in [0, 0.1) is 11.3 Å². The van der Waals surface area contributed by atoms with Crippen LogP contribution in [0.1, 0.15) is 25.7 Å². The zero-order valence-electron chi connectivity index (χ0n) is 11.3. The second kappa shape index (κ2) is 5.55. The lowest BCUT2D eigenvalue weighted by Gasteiger charge is -2.37. The standard InChI is InChI=1S/C14H21N5/c15-13(12-4-1-2-5-12)18-8-10-19(11-9-18)14-16-6-3-7-17-14/h3,6-7,12,15H,1-2,4-5,8-11H2. The number of piperazine rings is 1. The molecule has 0 unspecified atom stereocenters. The molecule has 102 valence electrons. The maximum absolute atomic E-state index is 8.33. The van der Waals surface area contributed by atoms with Gasteiger partial charge in [-0.2, -0.15) is 0 Å². The third-order valence-corrected chi connectivity index (χ3v) is 4.20. The van der Waals surface area contributed by atoms with Gasteiger partial charge in [-0.25, -0.2) is 9.97 Å². The van der Waals surface area contributed by atoms with Crippen molar-refractivity contribution in [2.75, 3.05) is 31.1 Å². The number of hydrogen-bond acceptors (Lipinski definition) is 4. The topological polar surface area (TPSA) is 56.1 Å². The van der Waals surface area contributed by atoms with E-state index in [1.54, 1.807) is 12.4 Å². The van der Waals surface area contributed by atoms with Crippen molar-refractivity contribution in [3.8, 4) is 0 Å². The fourth-order valence-electron chi connectivity index (χ4n) is 3.06. The zero-order chi connectivity index (χ0) is 13.1. The van der Waals surface area contributed by atoms with Crippen molar-refractivity contribution in [1.82, 2.24) is 14.9 Å². The molecule has 1 saturated carbocycles. The van der Waals surface area contributed by atoms with E-state index in [4.69, 9.17) is 5.41 Å². The van der Waals surface area contributed by atoms with Gasteiger partial charge in [0.05, 0.1) is 5.84 Å². The molecule has 19 heavy (non-hydrogen) atoms. The van der Waals surface area contributed by atoms with E-state index in [0.29, 0.717) is 5.92 Å². The molecule has 5 nitrogen and oxygen atoms in total. The molecule has 0 atom stereocenters. The molecular weight excluding hydrogens is 238 g/mol. The van der Waals surface area contributed by atoms with E-state index in [1.807, 2.05) is 6.07 Å². The number of nitrogens with one attached hydrogen (secondary N) is 1. The molecule has 0 bridgehead atoms. The number of amidine groups is 1. The molecule has 5 heteroatoms. The van der Waals surface area contributed by atoms with E-state index in [-0.39, 0.29) is 0 Å². The Hall–Kier alpha value is -1.65. The van der Waals surface area contributed by atoms with Crippen molar-refractivity contribution >= 4 is 11.8 Å². The van der Waals surface area contributed by atoms with Gasteiger partial charge in [-0.3, -0.25) is 5.41 Å². The summed E-state index contributed by atoms with van der Waals surface area (Å²) in [6.07, 6.45) is 8.59. The summed E-state index contributed by atoms with van der Waals surface area (Å²) in [5.74, 6) is 2.19. The maximum Gasteiger partial charge on any atom is 0.225 e. The molecule has 3 rings (SSSR count). The van der Waals surface area contributed by atoms with Crippen molar-refractivity contribution in [1.29, 1.82) is 5.41 Å². The summed E-state index contributed by atoms with van der Waals surface area (Å²) in [5, 5.41) is 8.33. The molecule has 2 aliphatic rings. The minimum atomic E-state index is 0.513. The molecule has 2 heterocycles. The molecule has 0 radical (unpaired) electrons. The van der Waals surface area contributed by atoms with Crippen LogP contribution in [0.15, 0.2) is 18.5 Å². The van der Waals surface area contributed by atoms with E-state index in [2.05, 4.69) is 19.8 Å². The van der Waals surface area contributed by atoms with E-state index in [1.165, 1.54) is 25.7 Å². The van der Waals surface area contributed by atoms with Gasteiger partial charge in [-0.05, 0) is 18.9 Å². The quantitative estimate of drug-likeness (QED) is 0.649. The van der Waals surface area contributed by atoms with E-state index in [9.17, 15) is 0 Å². The van der Waals surface area contributed by atoms with E-state index in [0.717, 1.165) is 38.0 Å². The zero-order valence-corrected chi connectivity index (χ0v) is 11.3. The van der Waals surface area contributed by atoms with Crippen molar-refractivity contribution in [2.45, 2.75) is 25.7 Å². The van der Waals surface area contributed by atoms with Crippen LogP contribution in [-0.4, -0.2) is 46.9 Å². The van der Waals surface area contributed by atoms with Crippen molar-refractivity contribution in [3.63, 3.8) is 0 Å². The Balaban J connectivity index is 1.56. The van der Waals surface area contributed by atoms with Gasteiger partial charge in [0, 0.05) is 44.5 Å². The molecule has 1 N–H and O–H groups in total. The van der Waals surface area contributed by atoms with E-state index >= 15 is 0 Å². The average Bonchev–Trinajstić information content (AvgIpc) is 3.02. The molecule has 1 aromatic heterocycles. The smallest absolute Gasteiger partial charge is 0.225 e. The average molecular weight is 259 g/mol. The first-order chi connectivity index (χ1) is 9.34. The first kappa shape index (κ1) is 12.4. The molecule has 1 aliphatic carbocycles. The van der Waals surface area contributed by atoms with Crippen molar-refractivity contribution in [2.24, 2.45) is 5.92 Å². The summed E-state index contributed by atoms with van der Waals surface area (Å²) in [4.78, 5) is 13.0. The van der Waals surface area contributed by atoms with Gasteiger partial charge in [0.2, 0.25) is 5.95 Å². The Morgan fingerprint density at radius 2 is 1.68 bits per heavy atom. The van der Waals surface area contributed by atoms with Crippen molar-refractivity contribution < 1.29 is 0 Å². The third-order valence-electron chi connectivity index (χ3n) is 4.20. The van der Waals surface area contributed by atoms with Crippen LogP contribution >= 0.6 is 0 Å². The highest BCUT2D eigenvalue weighted by atomic mass is 15.3. The Kier molecular flexibility index (Phi) is 3.62. The van der Waals surface area contributed by atoms with Gasteiger partial charge < -0.3 is 9.80 Å². The minimum absolute atomic E-state index is 0.513. The number of aromatic nitrogens is 2. The van der Waals surface area contributed by atoms with Gasteiger partial charge in [0.1, 0.15) is 0 Å². The maximum atomic E-state index is 8.33. The Labute approximate surface area is 114 Å². The van der Waals surface area contributed by atoms with Gasteiger partial charge in [0.15, 0.2) is 0 Å². The van der Waals surface area contributed by atoms with Gasteiger partial charge in [-0.1, -0.05) is 12.8 Å². The van der Waals surface area contributed by atoms with Crippen LogP contribution in [0.3, 0.4) is 0 Å². The first-order valence-electron chi connectivity index (χ1n) is 7.20. The highest BCUT2D eigenvalue weighted by Crippen LogP contribution is 2.27. The minimum Gasteiger partial charge on any atom is -0.357 e. The van der Waals surface area contributed by atoms with Crippen LogP contribution in [0.2, 0.25) is 0 Å². The monoisotopic (exact) mass is 259 g/mol. The van der Waals surface area contributed by atoms with Crippen LogP contribution in [-0.2, 0) is 0 Å². The van der Waals surface area contributed by atoms with Crippen LogP contribution in [0.5, 0.6) is 0 Å². The van der Waals surface area contributed by atoms with Crippen LogP contribution < -0.4 is 4.90 Å². The van der Waals surface area contributed by atoms with Crippen molar-refractivity contribution in [3.05, 3.63) is 18.5 Å². The second-order valence-corrected chi connectivity index (χ2v) is 5.39. The Morgan fingerprint density at radius 1 is 1.05 bits per heavy atom. The molecule has 2 fully saturated rings. The van der Waals surface area contributed by atoms with Crippen LogP contribution in [0.25, 0.3) is 0 Å². The lowest BCUT2D eigenvalue weighted by Crippen LogP contribution is -2.50. The summed E-state index contributed by atoms with van der Waals surface area (Å²) in [7, 11) is 0. The molecular formula is C14H21N5. The highest BCUT2D eigenvalue weighted by molar-refractivity contribution is 5.82. The fourth-order valence-corrected chi connectivity index (χ4v) is 3.06.